The molecular formula is C20H22N4O. The zero-order valence-corrected chi connectivity index (χ0v) is 14.6. The Labute approximate surface area is 147 Å². The van der Waals surface area contributed by atoms with Crippen LogP contribution in [0.15, 0.2) is 48.5 Å². The molecule has 0 radical (unpaired) electrons. The number of fused-ring (bicyclic) bond motifs is 2. The monoisotopic (exact) mass is 334 g/mol. The number of hydrogen-bond acceptors (Lipinski definition) is 3. The van der Waals surface area contributed by atoms with E-state index in [4.69, 9.17) is 0 Å². The third kappa shape index (κ3) is 2.91. The van der Waals surface area contributed by atoms with Crippen molar-refractivity contribution in [3.63, 3.8) is 0 Å². The Balaban J connectivity index is 1.50. The van der Waals surface area contributed by atoms with Gasteiger partial charge in [0, 0.05) is 20.6 Å². The van der Waals surface area contributed by atoms with Crippen molar-refractivity contribution < 1.29 is 4.79 Å². The summed E-state index contributed by atoms with van der Waals surface area (Å²) in [6, 6.07) is 16.2. The van der Waals surface area contributed by atoms with E-state index < -0.39 is 0 Å². The van der Waals surface area contributed by atoms with E-state index in [1.165, 1.54) is 11.1 Å². The topological polar surface area (TPSA) is 50.2 Å². The van der Waals surface area contributed by atoms with Crippen LogP contribution < -0.4 is 5.32 Å². The number of aryl methyl sites for hydroxylation is 1. The first kappa shape index (κ1) is 15.8. The van der Waals surface area contributed by atoms with Gasteiger partial charge in [0.2, 0.25) is 5.91 Å². The fourth-order valence-corrected chi connectivity index (χ4v) is 3.52. The predicted octanol–water partition coefficient (Wildman–Crippen LogP) is 2.25. The van der Waals surface area contributed by atoms with Crippen molar-refractivity contribution in [2.24, 2.45) is 7.05 Å². The Morgan fingerprint density at radius 1 is 1.20 bits per heavy atom. The van der Waals surface area contributed by atoms with Crippen LogP contribution in [-0.2, 0) is 31.4 Å². The lowest BCUT2D eigenvalue weighted by Gasteiger charge is -2.29. The van der Waals surface area contributed by atoms with E-state index in [-0.39, 0.29) is 11.9 Å². The number of para-hydroxylation sites is 2. The lowest BCUT2D eigenvalue weighted by molar-refractivity contribution is -0.133. The van der Waals surface area contributed by atoms with Gasteiger partial charge in [-0.3, -0.25) is 4.79 Å². The lowest BCUT2D eigenvalue weighted by atomic mass is 9.95. The van der Waals surface area contributed by atoms with Crippen molar-refractivity contribution >= 4 is 16.9 Å². The minimum absolute atomic E-state index is 0.113. The normalized spacial score (nSPS) is 16.6. The van der Waals surface area contributed by atoms with Crippen LogP contribution in [0, 0.1) is 0 Å². The molecular weight excluding hydrogens is 312 g/mol. The van der Waals surface area contributed by atoms with Gasteiger partial charge in [0.1, 0.15) is 5.82 Å². The number of imidazole rings is 1. The molecule has 1 atom stereocenters. The van der Waals surface area contributed by atoms with Crippen molar-refractivity contribution in [1.82, 2.24) is 19.8 Å². The maximum Gasteiger partial charge on any atom is 0.240 e. The van der Waals surface area contributed by atoms with Crippen molar-refractivity contribution in [2.75, 3.05) is 7.05 Å². The number of aromatic nitrogens is 2. The molecule has 3 aromatic rings. The van der Waals surface area contributed by atoms with Crippen LogP contribution in [-0.4, -0.2) is 33.4 Å². The van der Waals surface area contributed by atoms with Crippen LogP contribution in [0.2, 0.25) is 0 Å². The number of hydrogen-bond donors (Lipinski definition) is 1. The first-order chi connectivity index (χ1) is 12.1. The number of nitrogens with zero attached hydrogens (tertiary/aromatic N) is 3. The second-order valence-corrected chi connectivity index (χ2v) is 6.68. The van der Waals surface area contributed by atoms with Gasteiger partial charge in [0.15, 0.2) is 0 Å². The summed E-state index contributed by atoms with van der Waals surface area (Å²) in [5.74, 6) is 1.01. The highest BCUT2D eigenvalue weighted by Gasteiger charge is 2.27. The molecule has 0 bridgehead atoms. The van der Waals surface area contributed by atoms with Gasteiger partial charge in [-0.1, -0.05) is 36.4 Å². The number of likely N-dealkylation sites (N-methyl/N-ethyl adjacent to an activating group) is 1. The van der Waals surface area contributed by atoms with E-state index in [0.29, 0.717) is 6.54 Å². The molecule has 0 aliphatic carbocycles. The SMILES string of the molecule is CN(Cc1nc2ccccc2n1C)C(=O)[C@H]1Cc2ccccc2CN1. The molecule has 1 aromatic heterocycles. The minimum atomic E-state index is -0.172. The molecule has 5 nitrogen and oxygen atoms in total. The van der Waals surface area contributed by atoms with E-state index in [1.807, 2.05) is 50.5 Å². The maximum absolute atomic E-state index is 12.9. The Hall–Kier alpha value is -2.66. The van der Waals surface area contributed by atoms with E-state index in [2.05, 4.69) is 27.0 Å². The third-order valence-electron chi connectivity index (χ3n) is 5.01. The standard InChI is InChI=1S/C20H22N4O/c1-23(13-19-22-16-9-5-6-10-18(16)24(19)2)20(25)17-11-14-7-3-4-8-15(14)12-21-17/h3-10,17,21H,11-13H2,1-2H3/t17-/m1/s1. The van der Waals surface area contributed by atoms with Crippen LogP contribution in [0.3, 0.4) is 0 Å². The molecule has 4 rings (SSSR count). The van der Waals surface area contributed by atoms with E-state index in [1.54, 1.807) is 4.90 Å². The summed E-state index contributed by atoms with van der Waals surface area (Å²) in [6.07, 6.45) is 0.738. The number of amides is 1. The zero-order chi connectivity index (χ0) is 17.4. The molecule has 0 spiro atoms. The Bertz CT molecular complexity index is 930. The molecule has 0 unspecified atom stereocenters. The molecule has 0 saturated heterocycles. The molecule has 2 aromatic carbocycles. The summed E-state index contributed by atoms with van der Waals surface area (Å²) < 4.78 is 2.06. The molecule has 5 heteroatoms. The summed E-state index contributed by atoms with van der Waals surface area (Å²) in [5.41, 5.74) is 4.59. The van der Waals surface area contributed by atoms with E-state index in [0.717, 1.165) is 29.8 Å². The third-order valence-corrected chi connectivity index (χ3v) is 5.01. The number of carbonyl (C=O) groups excluding carboxylic acids is 1. The molecule has 1 aliphatic heterocycles. The van der Waals surface area contributed by atoms with Crippen LogP contribution in [0.25, 0.3) is 11.0 Å². The van der Waals surface area contributed by atoms with Crippen molar-refractivity contribution in [3.8, 4) is 0 Å². The maximum atomic E-state index is 12.9. The van der Waals surface area contributed by atoms with Gasteiger partial charge in [0.05, 0.1) is 23.6 Å². The van der Waals surface area contributed by atoms with Crippen LogP contribution in [0.4, 0.5) is 0 Å². The average molecular weight is 334 g/mol. The Kier molecular flexibility index (Phi) is 4.01. The first-order valence-electron chi connectivity index (χ1n) is 8.59. The summed E-state index contributed by atoms with van der Waals surface area (Å²) in [6.45, 7) is 1.25. The highest BCUT2D eigenvalue weighted by atomic mass is 16.2. The number of carbonyl (C=O) groups is 1. The quantitative estimate of drug-likeness (QED) is 0.799. The van der Waals surface area contributed by atoms with Gasteiger partial charge in [-0.15, -0.1) is 0 Å². The van der Waals surface area contributed by atoms with Gasteiger partial charge < -0.3 is 14.8 Å². The number of benzene rings is 2. The van der Waals surface area contributed by atoms with Gasteiger partial charge in [-0.2, -0.15) is 0 Å². The summed E-state index contributed by atoms with van der Waals surface area (Å²) in [7, 11) is 3.85. The minimum Gasteiger partial charge on any atom is -0.337 e. The fourth-order valence-electron chi connectivity index (χ4n) is 3.52. The summed E-state index contributed by atoms with van der Waals surface area (Å²) in [5, 5.41) is 3.36. The molecule has 2 heterocycles. The zero-order valence-electron chi connectivity index (χ0n) is 14.6. The lowest BCUT2D eigenvalue weighted by Crippen LogP contribution is -2.48. The summed E-state index contributed by atoms with van der Waals surface area (Å²) >= 11 is 0. The largest absolute Gasteiger partial charge is 0.337 e. The van der Waals surface area contributed by atoms with E-state index in [9.17, 15) is 4.79 Å². The Morgan fingerprint density at radius 3 is 2.72 bits per heavy atom. The molecule has 0 fully saturated rings. The molecule has 1 amide bonds. The highest BCUT2D eigenvalue weighted by Crippen LogP contribution is 2.19. The van der Waals surface area contributed by atoms with Crippen molar-refractivity contribution in [1.29, 1.82) is 0 Å². The number of rotatable bonds is 3. The fraction of sp³-hybridized carbons (Fsp3) is 0.300. The van der Waals surface area contributed by atoms with E-state index >= 15 is 0 Å². The smallest absolute Gasteiger partial charge is 0.240 e. The predicted molar refractivity (Wildman–Crippen MR) is 98.0 cm³/mol. The number of nitrogens with one attached hydrogen (secondary N) is 1. The van der Waals surface area contributed by atoms with Gasteiger partial charge in [-0.25, -0.2) is 4.98 Å². The highest BCUT2D eigenvalue weighted by molar-refractivity contribution is 5.82. The summed E-state index contributed by atoms with van der Waals surface area (Å²) in [4.78, 5) is 19.3. The van der Waals surface area contributed by atoms with Crippen molar-refractivity contribution in [3.05, 3.63) is 65.5 Å². The molecule has 25 heavy (non-hydrogen) atoms. The Morgan fingerprint density at radius 2 is 1.92 bits per heavy atom. The van der Waals surface area contributed by atoms with Crippen LogP contribution >= 0.6 is 0 Å². The van der Waals surface area contributed by atoms with Crippen LogP contribution in [0.1, 0.15) is 17.0 Å². The average Bonchev–Trinajstić information content (AvgIpc) is 2.96. The molecule has 128 valence electrons. The van der Waals surface area contributed by atoms with Gasteiger partial charge in [-0.05, 0) is 29.7 Å². The van der Waals surface area contributed by atoms with Gasteiger partial charge in [0.25, 0.3) is 0 Å². The van der Waals surface area contributed by atoms with Gasteiger partial charge >= 0.3 is 0 Å². The second-order valence-electron chi connectivity index (χ2n) is 6.68. The van der Waals surface area contributed by atoms with Crippen molar-refractivity contribution in [2.45, 2.75) is 25.6 Å². The molecule has 0 saturated carbocycles. The first-order valence-corrected chi connectivity index (χ1v) is 8.59. The van der Waals surface area contributed by atoms with Crippen LogP contribution in [0.5, 0.6) is 0 Å². The molecule has 1 N–H and O–H groups in total. The second kappa shape index (κ2) is 6.33. The molecule has 1 aliphatic rings.